The van der Waals surface area contributed by atoms with Gasteiger partial charge >= 0.3 is 0 Å². The van der Waals surface area contributed by atoms with E-state index in [0.717, 1.165) is 55.0 Å². The molecule has 5 heteroatoms. The summed E-state index contributed by atoms with van der Waals surface area (Å²) in [6.07, 6.45) is 4.13. The third-order valence-corrected chi connectivity index (χ3v) is 6.62. The number of H-pyrrole nitrogens is 1. The summed E-state index contributed by atoms with van der Waals surface area (Å²) in [5.41, 5.74) is 6.87. The molecule has 1 aliphatic heterocycles. The van der Waals surface area contributed by atoms with Gasteiger partial charge in [-0.05, 0) is 44.7 Å². The highest BCUT2D eigenvalue weighted by molar-refractivity contribution is 5.79. The van der Waals surface area contributed by atoms with Crippen LogP contribution in [0, 0.1) is 19.8 Å². The molecule has 3 aromatic rings. The number of nitrogens with one attached hydrogen (secondary N) is 2. The van der Waals surface area contributed by atoms with Gasteiger partial charge in [-0.3, -0.25) is 9.78 Å². The fraction of sp³-hybridized carbons (Fsp3) is 0.310. The van der Waals surface area contributed by atoms with E-state index in [4.69, 9.17) is 4.98 Å². The molecule has 1 aromatic heterocycles. The van der Waals surface area contributed by atoms with Crippen molar-refractivity contribution in [2.75, 3.05) is 18.0 Å². The molecular weight excluding hydrogens is 420 g/mol. The van der Waals surface area contributed by atoms with Crippen LogP contribution in [-0.4, -0.2) is 23.1 Å². The second kappa shape index (κ2) is 10.6. The van der Waals surface area contributed by atoms with Crippen molar-refractivity contribution >= 4 is 11.5 Å². The zero-order chi connectivity index (χ0) is 24.1. The highest BCUT2D eigenvalue weighted by Crippen LogP contribution is 2.27. The minimum Gasteiger partial charge on any atom is -0.384 e. The van der Waals surface area contributed by atoms with Crippen LogP contribution in [0.15, 0.2) is 77.7 Å². The zero-order valence-electron chi connectivity index (χ0n) is 20.4. The van der Waals surface area contributed by atoms with Gasteiger partial charge in [0.2, 0.25) is 5.95 Å². The van der Waals surface area contributed by atoms with Gasteiger partial charge in [-0.25, -0.2) is 4.98 Å². The monoisotopic (exact) mass is 454 g/mol. The molecule has 4 rings (SSSR count). The molecule has 176 valence electrons. The van der Waals surface area contributed by atoms with Crippen LogP contribution in [0.1, 0.15) is 47.7 Å². The second-order valence-electron chi connectivity index (χ2n) is 9.08. The predicted molar refractivity (Wildman–Crippen MR) is 141 cm³/mol. The number of hydrogen-bond acceptors (Lipinski definition) is 4. The van der Waals surface area contributed by atoms with Crippen LogP contribution in [0.2, 0.25) is 0 Å². The second-order valence-corrected chi connectivity index (χ2v) is 9.08. The first-order valence-electron chi connectivity index (χ1n) is 12.0. The maximum absolute atomic E-state index is 12.9. The molecule has 1 atom stereocenters. The Morgan fingerprint density at radius 3 is 2.62 bits per heavy atom. The standard InChI is InChI=1S/C29H34N4O/c1-5-26(24-10-7-6-8-11-24)27-21(3)28(34)32-29(31-27)33-17-9-12-25(19-33)22(4)30-18-23-15-13-20(2)14-16-23/h5-8,10-11,13-16,25,30H,4,9,12,17-19H2,1-3H3,(H,31,32,34)/b26-5-. The van der Waals surface area contributed by atoms with Gasteiger partial charge in [-0.15, -0.1) is 0 Å². The largest absolute Gasteiger partial charge is 0.384 e. The Bertz CT molecular complexity index is 1230. The van der Waals surface area contributed by atoms with Gasteiger partial charge in [0.25, 0.3) is 5.56 Å². The van der Waals surface area contributed by atoms with Crippen LogP contribution in [-0.2, 0) is 6.54 Å². The van der Waals surface area contributed by atoms with E-state index in [1.54, 1.807) is 0 Å². The topological polar surface area (TPSA) is 61.0 Å². The molecule has 2 heterocycles. The van der Waals surface area contributed by atoms with Crippen LogP contribution < -0.4 is 15.8 Å². The molecule has 1 fully saturated rings. The van der Waals surface area contributed by atoms with Gasteiger partial charge in [-0.2, -0.15) is 0 Å². The fourth-order valence-electron chi connectivity index (χ4n) is 4.51. The molecule has 0 bridgehead atoms. The lowest BCUT2D eigenvalue weighted by atomic mass is 9.95. The van der Waals surface area contributed by atoms with Crippen LogP contribution in [0.3, 0.4) is 0 Å². The molecule has 34 heavy (non-hydrogen) atoms. The average molecular weight is 455 g/mol. The summed E-state index contributed by atoms with van der Waals surface area (Å²) < 4.78 is 0. The van der Waals surface area contributed by atoms with E-state index in [1.165, 1.54) is 11.1 Å². The summed E-state index contributed by atoms with van der Waals surface area (Å²) in [4.78, 5) is 23.0. The number of allylic oxidation sites excluding steroid dienone is 1. The zero-order valence-corrected chi connectivity index (χ0v) is 20.4. The third-order valence-electron chi connectivity index (χ3n) is 6.62. The first kappa shape index (κ1) is 23.6. The van der Waals surface area contributed by atoms with Gasteiger partial charge in [0.1, 0.15) is 0 Å². The van der Waals surface area contributed by atoms with Crippen LogP contribution in [0.25, 0.3) is 5.57 Å². The van der Waals surface area contributed by atoms with Crippen molar-refractivity contribution in [2.45, 2.75) is 40.2 Å². The Morgan fingerprint density at radius 2 is 1.91 bits per heavy atom. The van der Waals surface area contributed by atoms with Crippen LogP contribution in [0.4, 0.5) is 5.95 Å². The lowest BCUT2D eigenvalue weighted by molar-refractivity contribution is 0.439. The summed E-state index contributed by atoms with van der Waals surface area (Å²) in [5.74, 6) is 0.932. The van der Waals surface area contributed by atoms with E-state index in [0.29, 0.717) is 17.4 Å². The number of aryl methyl sites for hydroxylation is 1. The number of aromatic nitrogens is 2. The van der Waals surface area contributed by atoms with Crippen molar-refractivity contribution in [2.24, 2.45) is 5.92 Å². The molecule has 1 unspecified atom stereocenters. The molecule has 1 saturated heterocycles. The first-order valence-corrected chi connectivity index (χ1v) is 12.0. The Labute approximate surface area is 202 Å². The molecule has 0 spiro atoms. The van der Waals surface area contributed by atoms with Gasteiger partial charge < -0.3 is 10.2 Å². The molecule has 2 aromatic carbocycles. The normalized spacial score (nSPS) is 16.4. The Hall–Kier alpha value is -3.60. The number of anilines is 1. The summed E-state index contributed by atoms with van der Waals surface area (Å²) >= 11 is 0. The van der Waals surface area contributed by atoms with Crippen molar-refractivity contribution in [3.63, 3.8) is 0 Å². The molecule has 0 amide bonds. The van der Waals surface area contributed by atoms with Crippen molar-refractivity contribution in [1.82, 2.24) is 15.3 Å². The van der Waals surface area contributed by atoms with Gasteiger partial charge in [0.05, 0.1) is 5.69 Å². The van der Waals surface area contributed by atoms with Crippen LogP contribution >= 0.6 is 0 Å². The van der Waals surface area contributed by atoms with Crippen molar-refractivity contribution in [1.29, 1.82) is 0 Å². The highest BCUT2D eigenvalue weighted by Gasteiger charge is 2.25. The minimum atomic E-state index is -0.0891. The predicted octanol–water partition coefficient (Wildman–Crippen LogP) is 5.36. The first-order chi connectivity index (χ1) is 16.5. The van der Waals surface area contributed by atoms with Gasteiger partial charge in [0, 0.05) is 42.4 Å². The fourth-order valence-corrected chi connectivity index (χ4v) is 4.51. The lowest BCUT2D eigenvalue weighted by Gasteiger charge is -2.34. The SMILES string of the molecule is C=C(NCc1ccc(C)cc1)C1CCCN(c2nc(/C(=C\C)c3ccccc3)c(C)c(=O)[nH]2)C1. The number of nitrogens with zero attached hydrogens (tertiary/aromatic N) is 2. The number of aromatic amines is 1. The maximum atomic E-state index is 12.9. The molecule has 5 nitrogen and oxygen atoms in total. The molecule has 0 radical (unpaired) electrons. The van der Waals surface area contributed by atoms with E-state index in [9.17, 15) is 4.79 Å². The number of hydrogen-bond donors (Lipinski definition) is 2. The number of rotatable bonds is 7. The van der Waals surface area contributed by atoms with E-state index in [-0.39, 0.29) is 5.56 Å². The van der Waals surface area contributed by atoms with E-state index in [2.05, 4.69) is 65.1 Å². The Kier molecular flexibility index (Phi) is 7.31. The van der Waals surface area contributed by atoms with E-state index in [1.807, 2.05) is 38.1 Å². The van der Waals surface area contributed by atoms with E-state index < -0.39 is 0 Å². The van der Waals surface area contributed by atoms with Crippen molar-refractivity contribution < 1.29 is 0 Å². The lowest BCUT2D eigenvalue weighted by Crippen LogP contribution is -2.40. The third kappa shape index (κ3) is 5.30. The van der Waals surface area contributed by atoms with Crippen molar-refractivity contribution in [3.05, 3.63) is 111 Å². The van der Waals surface area contributed by atoms with Crippen molar-refractivity contribution in [3.8, 4) is 0 Å². The van der Waals surface area contributed by atoms with Crippen LogP contribution in [0.5, 0.6) is 0 Å². The Balaban J connectivity index is 1.52. The highest BCUT2D eigenvalue weighted by atomic mass is 16.1. The molecule has 0 aliphatic carbocycles. The maximum Gasteiger partial charge on any atom is 0.255 e. The summed E-state index contributed by atoms with van der Waals surface area (Å²) in [7, 11) is 0. The number of benzene rings is 2. The summed E-state index contributed by atoms with van der Waals surface area (Å²) in [6.45, 7) is 12.7. The smallest absolute Gasteiger partial charge is 0.255 e. The molecule has 1 aliphatic rings. The average Bonchev–Trinajstić information content (AvgIpc) is 2.87. The van der Waals surface area contributed by atoms with E-state index >= 15 is 0 Å². The summed E-state index contributed by atoms with van der Waals surface area (Å²) in [6, 6.07) is 18.7. The van der Waals surface area contributed by atoms with Gasteiger partial charge in [-0.1, -0.05) is 72.8 Å². The molecule has 0 saturated carbocycles. The molecule has 2 N–H and O–H groups in total. The molecular formula is C29H34N4O. The number of piperidine rings is 1. The quantitative estimate of drug-likeness (QED) is 0.505. The van der Waals surface area contributed by atoms with Gasteiger partial charge in [0.15, 0.2) is 0 Å². The summed E-state index contributed by atoms with van der Waals surface area (Å²) in [5, 5.41) is 3.52. The Morgan fingerprint density at radius 1 is 1.18 bits per heavy atom. The minimum absolute atomic E-state index is 0.0891.